The van der Waals surface area contributed by atoms with Crippen molar-refractivity contribution in [3.63, 3.8) is 0 Å². The summed E-state index contributed by atoms with van der Waals surface area (Å²) in [6.07, 6.45) is 8.00. The molecule has 0 aromatic rings. The zero-order valence-electron chi connectivity index (χ0n) is 3.26. The Kier molecular flexibility index (Phi) is 3.08. The molecule has 1 heterocycles. The van der Waals surface area contributed by atoms with Gasteiger partial charge in [0.25, 0.3) is 0 Å². The molecule has 1 aliphatic rings. The van der Waals surface area contributed by atoms with Gasteiger partial charge < -0.3 is 17.0 Å². The predicted molar refractivity (Wildman–Crippen MR) is 20.2 cm³/mol. The van der Waals surface area contributed by atoms with Crippen LogP contribution >= 0.6 is 0 Å². The van der Waals surface area contributed by atoms with Crippen LogP contribution in [-0.2, 0) is 0 Å². The number of quaternary nitrogens is 1. The molecule has 0 fully saturated rings. The molecule has 0 amide bonds. The Balaban J connectivity index is 0.000000250. The van der Waals surface area contributed by atoms with Crippen molar-refractivity contribution in [1.29, 1.82) is 0 Å². The monoisotopic (exact) mass is 147 g/mol. The molecule has 0 saturated heterocycles. The summed E-state index contributed by atoms with van der Waals surface area (Å²) in [4.78, 5) is 0. The number of hydrogen-bond acceptors (Lipinski definition) is 0. The van der Waals surface area contributed by atoms with E-state index in [1.165, 1.54) is 0 Å². The first-order valence-corrected chi connectivity index (χ1v) is 1.67. The Labute approximate surface area is 47.5 Å². The molecule has 0 spiro atoms. The number of halogens is 1. The van der Waals surface area contributed by atoms with Crippen LogP contribution in [0.3, 0.4) is 0 Å². The molecule has 34 valence electrons. The standard InChI is InChI=1S/C4H5N.BrH/c1-2-4-5-3-1;/h1-5H;1H. The number of hydrogen-bond donors (Lipinski definition) is 1. The molecule has 1 rings (SSSR count). The zero-order chi connectivity index (χ0) is 3.54. The highest BCUT2D eigenvalue weighted by molar-refractivity contribution is 4.98. The second-order valence-corrected chi connectivity index (χ2v) is 0.962. The maximum atomic E-state index is 2.00. The van der Waals surface area contributed by atoms with Gasteiger partial charge in [-0.2, -0.15) is 0 Å². The van der Waals surface area contributed by atoms with Crippen molar-refractivity contribution >= 4 is 0 Å². The molecule has 6 heavy (non-hydrogen) atoms. The Morgan fingerprint density at radius 3 is 1.67 bits per heavy atom. The highest BCUT2D eigenvalue weighted by Gasteiger charge is 1.75. The number of allylic oxidation sites excluding steroid dienone is 2. The second-order valence-electron chi connectivity index (χ2n) is 0.962. The van der Waals surface area contributed by atoms with E-state index in [9.17, 15) is 0 Å². The lowest BCUT2D eigenvalue weighted by molar-refractivity contribution is -0.510. The van der Waals surface area contributed by atoms with Gasteiger partial charge in [0.2, 0.25) is 0 Å². The van der Waals surface area contributed by atoms with Crippen LogP contribution < -0.4 is 22.3 Å². The van der Waals surface area contributed by atoms with Crippen molar-refractivity contribution in [1.82, 2.24) is 0 Å². The molecule has 0 atom stereocenters. The summed E-state index contributed by atoms with van der Waals surface area (Å²) in [5.74, 6) is 0. The van der Waals surface area contributed by atoms with Crippen LogP contribution in [-0.4, -0.2) is 0 Å². The maximum Gasteiger partial charge on any atom is 0.0973 e. The predicted octanol–water partition coefficient (Wildman–Crippen LogP) is -3.41. The average Bonchev–Trinajstić information content (AvgIpc) is 1.76. The summed E-state index contributed by atoms with van der Waals surface area (Å²) >= 11 is 0. The third-order valence-corrected chi connectivity index (χ3v) is 0.556. The van der Waals surface area contributed by atoms with Crippen LogP contribution in [0.5, 0.6) is 0 Å². The Morgan fingerprint density at radius 2 is 1.50 bits per heavy atom. The average molecular weight is 148 g/mol. The van der Waals surface area contributed by atoms with Crippen LogP contribution in [0, 0.1) is 0 Å². The molecule has 0 radical (unpaired) electrons. The van der Waals surface area contributed by atoms with Crippen LogP contribution in [0.1, 0.15) is 0 Å². The summed E-state index contributed by atoms with van der Waals surface area (Å²) in [6.45, 7) is 0. The highest BCUT2D eigenvalue weighted by atomic mass is 79.9. The summed E-state index contributed by atoms with van der Waals surface area (Å²) < 4.78 is 0. The maximum absolute atomic E-state index is 2.00. The quantitative estimate of drug-likeness (QED) is 0.368. The van der Waals surface area contributed by atoms with Gasteiger partial charge in [-0.15, -0.1) is 0 Å². The van der Waals surface area contributed by atoms with Gasteiger partial charge in [0.1, 0.15) is 0 Å². The number of rotatable bonds is 0. The Bertz CT molecular complexity index is 65.6. The Morgan fingerprint density at radius 1 is 1.00 bits per heavy atom. The van der Waals surface area contributed by atoms with E-state index in [2.05, 4.69) is 0 Å². The normalized spacial score (nSPS) is 14.7. The first-order chi connectivity index (χ1) is 2.50. The van der Waals surface area contributed by atoms with Crippen molar-refractivity contribution in [2.45, 2.75) is 0 Å². The molecule has 2 N–H and O–H groups in total. The van der Waals surface area contributed by atoms with E-state index in [1.807, 2.05) is 29.9 Å². The van der Waals surface area contributed by atoms with Crippen molar-refractivity contribution in [3.8, 4) is 0 Å². The SMILES string of the molecule is C1=C[NH2+]C=C1.[Br-]. The van der Waals surface area contributed by atoms with Crippen LogP contribution in [0.15, 0.2) is 24.6 Å². The topological polar surface area (TPSA) is 16.6 Å². The van der Waals surface area contributed by atoms with Gasteiger partial charge in [-0.1, -0.05) is 0 Å². The van der Waals surface area contributed by atoms with Crippen LogP contribution in [0.4, 0.5) is 0 Å². The molecule has 1 nitrogen and oxygen atoms in total. The molecule has 0 aliphatic carbocycles. The van der Waals surface area contributed by atoms with Crippen LogP contribution in [0.25, 0.3) is 0 Å². The van der Waals surface area contributed by atoms with Gasteiger partial charge in [0.15, 0.2) is 0 Å². The third-order valence-electron chi connectivity index (χ3n) is 0.556. The molecule has 0 bridgehead atoms. The molecule has 1 aliphatic heterocycles. The van der Waals surface area contributed by atoms with E-state index in [1.54, 1.807) is 0 Å². The second kappa shape index (κ2) is 3.12. The smallest absolute Gasteiger partial charge is 0.0973 e. The highest BCUT2D eigenvalue weighted by Crippen LogP contribution is 1.67. The van der Waals surface area contributed by atoms with Crippen LogP contribution in [0.2, 0.25) is 0 Å². The molecule has 0 aromatic carbocycles. The fourth-order valence-electron chi connectivity index (χ4n) is 0.321. The van der Waals surface area contributed by atoms with Crippen molar-refractivity contribution < 1.29 is 22.3 Å². The molecular formula is C4H6BrN. The molecular weight excluding hydrogens is 142 g/mol. The molecule has 0 saturated carbocycles. The van der Waals surface area contributed by atoms with Gasteiger partial charge in [-0.3, -0.25) is 5.32 Å². The minimum absolute atomic E-state index is 0. The van der Waals surface area contributed by atoms with E-state index < -0.39 is 0 Å². The molecule has 2 heteroatoms. The first-order valence-electron chi connectivity index (χ1n) is 1.67. The minimum Gasteiger partial charge on any atom is -1.00 e. The van der Waals surface area contributed by atoms with E-state index >= 15 is 0 Å². The summed E-state index contributed by atoms with van der Waals surface area (Å²) in [7, 11) is 0. The fraction of sp³-hybridized carbons (Fsp3) is 0. The lowest BCUT2D eigenvalue weighted by Gasteiger charge is -1.61. The van der Waals surface area contributed by atoms with Gasteiger partial charge in [-0.05, 0) is 12.2 Å². The molecule has 0 unspecified atom stereocenters. The summed E-state index contributed by atoms with van der Waals surface area (Å²) in [6, 6.07) is 0. The molecule has 0 aromatic heterocycles. The van der Waals surface area contributed by atoms with E-state index in [0.29, 0.717) is 0 Å². The van der Waals surface area contributed by atoms with E-state index in [-0.39, 0.29) is 17.0 Å². The largest absolute Gasteiger partial charge is 1.00 e. The van der Waals surface area contributed by atoms with Crippen molar-refractivity contribution in [2.75, 3.05) is 0 Å². The van der Waals surface area contributed by atoms with Gasteiger partial charge >= 0.3 is 0 Å². The number of nitrogens with two attached hydrogens (primary N) is 1. The summed E-state index contributed by atoms with van der Waals surface area (Å²) in [5.41, 5.74) is 0. The van der Waals surface area contributed by atoms with Gasteiger partial charge in [0, 0.05) is 0 Å². The van der Waals surface area contributed by atoms with Crippen molar-refractivity contribution in [3.05, 3.63) is 24.6 Å². The van der Waals surface area contributed by atoms with Crippen molar-refractivity contribution in [2.24, 2.45) is 0 Å². The lowest BCUT2D eigenvalue weighted by Crippen LogP contribution is -3.00. The summed E-state index contributed by atoms with van der Waals surface area (Å²) in [5, 5.41) is 2.00. The zero-order valence-corrected chi connectivity index (χ0v) is 4.85. The minimum atomic E-state index is 0. The van der Waals surface area contributed by atoms with Gasteiger partial charge in [-0.25, -0.2) is 0 Å². The third kappa shape index (κ3) is 1.38. The first kappa shape index (κ1) is 5.92. The lowest BCUT2D eigenvalue weighted by atomic mass is 10.6. The fourth-order valence-corrected chi connectivity index (χ4v) is 0.321. The Hall–Kier alpha value is -0.0800. The van der Waals surface area contributed by atoms with E-state index in [4.69, 9.17) is 0 Å². The van der Waals surface area contributed by atoms with E-state index in [0.717, 1.165) is 0 Å². The van der Waals surface area contributed by atoms with Gasteiger partial charge in [0.05, 0.1) is 12.4 Å².